The molecule has 3 heteroatoms. The normalized spacial score (nSPS) is 24.3. The third kappa shape index (κ3) is 2.85. The number of rotatable bonds is 3. The summed E-state index contributed by atoms with van der Waals surface area (Å²) in [6.07, 6.45) is 5.67. The van der Waals surface area contributed by atoms with E-state index in [4.69, 9.17) is 4.74 Å². The Morgan fingerprint density at radius 1 is 1.17 bits per heavy atom. The Balaban J connectivity index is 1.57. The molecule has 0 radical (unpaired) electrons. The van der Waals surface area contributed by atoms with Crippen LogP contribution in [0.1, 0.15) is 31.2 Å². The van der Waals surface area contributed by atoms with Crippen molar-refractivity contribution in [2.45, 2.75) is 44.4 Å². The molecule has 0 amide bonds. The lowest BCUT2D eigenvalue weighted by atomic mass is 10.2. The van der Waals surface area contributed by atoms with Crippen LogP contribution in [-0.2, 0) is 11.3 Å². The fourth-order valence-corrected chi connectivity index (χ4v) is 2.88. The maximum absolute atomic E-state index is 6.01. The monoisotopic (exact) mass is 246 g/mol. The van der Waals surface area contributed by atoms with Crippen LogP contribution in [0.25, 0.3) is 0 Å². The van der Waals surface area contributed by atoms with Crippen molar-refractivity contribution in [2.75, 3.05) is 18.5 Å². The van der Waals surface area contributed by atoms with Crippen LogP contribution in [0.15, 0.2) is 24.3 Å². The molecule has 1 aliphatic heterocycles. The number of para-hydroxylation sites is 1. The minimum atomic E-state index is 0.384. The molecule has 1 heterocycles. The van der Waals surface area contributed by atoms with Gasteiger partial charge in [0.25, 0.3) is 0 Å². The molecule has 1 aromatic carbocycles. The van der Waals surface area contributed by atoms with Gasteiger partial charge in [-0.05, 0) is 24.5 Å². The van der Waals surface area contributed by atoms with Gasteiger partial charge in [0, 0.05) is 18.8 Å². The van der Waals surface area contributed by atoms with E-state index in [1.54, 1.807) is 0 Å². The van der Waals surface area contributed by atoms with Gasteiger partial charge in [0.1, 0.15) is 0 Å². The minimum absolute atomic E-state index is 0.384. The molecule has 3 rings (SSSR count). The van der Waals surface area contributed by atoms with Crippen molar-refractivity contribution in [1.82, 2.24) is 5.32 Å². The van der Waals surface area contributed by atoms with Gasteiger partial charge >= 0.3 is 0 Å². The Morgan fingerprint density at radius 3 is 2.89 bits per heavy atom. The molecule has 1 aliphatic carbocycles. The first-order valence-electron chi connectivity index (χ1n) is 7.08. The van der Waals surface area contributed by atoms with Crippen LogP contribution >= 0.6 is 0 Å². The second-order valence-corrected chi connectivity index (χ2v) is 5.37. The van der Waals surface area contributed by atoms with E-state index in [-0.39, 0.29) is 0 Å². The Hall–Kier alpha value is -1.06. The Labute approximate surface area is 109 Å². The van der Waals surface area contributed by atoms with E-state index < -0.39 is 0 Å². The number of benzene rings is 1. The molecular weight excluding hydrogens is 224 g/mol. The van der Waals surface area contributed by atoms with Crippen molar-refractivity contribution in [3.05, 3.63) is 29.8 Å². The van der Waals surface area contributed by atoms with Crippen LogP contribution in [0.5, 0.6) is 0 Å². The van der Waals surface area contributed by atoms with Crippen molar-refractivity contribution in [3.8, 4) is 0 Å². The fourth-order valence-electron chi connectivity index (χ4n) is 2.88. The van der Waals surface area contributed by atoms with Gasteiger partial charge in [-0.15, -0.1) is 0 Å². The third-order valence-corrected chi connectivity index (χ3v) is 3.92. The number of hydrogen-bond donors (Lipinski definition) is 2. The number of anilines is 1. The molecular formula is C15H22N2O. The van der Waals surface area contributed by atoms with Gasteiger partial charge in [0.15, 0.2) is 0 Å². The lowest BCUT2D eigenvalue weighted by molar-refractivity contribution is 0.0522. The predicted octanol–water partition coefficient (Wildman–Crippen LogP) is 2.53. The standard InChI is InChI=1S/C15H22N2O/c1-4-8-15-12(5-1)9-16-10-13(17-15)11-18-14-6-2-3-7-14/h1,4-5,8,13-14,16-17H,2-3,6-7,9-11H2. The second-order valence-electron chi connectivity index (χ2n) is 5.37. The molecule has 2 aliphatic rings. The molecule has 0 aromatic heterocycles. The molecule has 1 saturated carbocycles. The average molecular weight is 246 g/mol. The Morgan fingerprint density at radius 2 is 2.00 bits per heavy atom. The SMILES string of the molecule is c1ccc2c(c1)CNCC(COC1CCCC1)N2. The first-order valence-corrected chi connectivity index (χ1v) is 7.08. The highest BCUT2D eigenvalue weighted by Crippen LogP contribution is 2.22. The topological polar surface area (TPSA) is 33.3 Å². The molecule has 1 unspecified atom stereocenters. The molecule has 18 heavy (non-hydrogen) atoms. The van der Waals surface area contributed by atoms with Gasteiger partial charge in [-0.3, -0.25) is 0 Å². The molecule has 1 fully saturated rings. The van der Waals surface area contributed by atoms with E-state index in [1.165, 1.54) is 36.9 Å². The Bertz CT molecular complexity index is 388. The minimum Gasteiger partial charge on any atom is -0.378 e. The van der Waals surface area contributed by atoms with E-state index in [0.717, 1.165) is 19.7 Å². The molecule has 3 nitrogen and oxygen atoms in total. The van der Waals surface area contributed by atoms with Gasteiger partial charge in [0.2, 0.25) is 0 Å². The zero-order valence-electron chi connectivity index (χ0n) is 10.8. The summed E-state index contributed by atoms with van der Waals surface area (Å²) in [4.78, 5) is 0. The van der Waals surface area contributed by atoms with E-state index in [1.807, 2.05) is 0 Å². The van der Waals surface area contributed by atoms with E-state index in [0.29, 0.717) is 12.1 Å². The summed E-state index contributed by atoms with van der Waals surface area (Å²) in [5.41, 5.74) is 2.60. The smallest absolute Gasteiger partial charge is 0.0684 e. The summed E-state index contributed by atoms with van der Waals surface area (Å²) in [5.74, 6) is 0. The largest absolute Gasteiger partial charge is 0.378 e. The summed E-state index contributed by atoms with van der Waals surface area (Å²) < 4.78 is 6.01. The van der Waals surface area contributed by atoms with Crippen LogP contribution in [0, 0.1) is 0 Å². The first-order chi connectivity index (χ1) is 8.92. The van der Waals surface area contributed by atoms with Crippen LogP contribution in [0.4, 0.5) is 5.69 Å². The number of hydrogen-bond acceptors (Lipinski definition) is 3. The highest BCUT2D eigenvalue weighted by Gasteiger charge is 2.19. The molecule has 0 saturated heterocycles. The van der Waals surface area contributed by atoms with Crippen molar-refractivity contribution >= 4 is 5.69 Å². The van der Waals surface area contributed by atoms with Crippen LogP contribution in [0.3, 0.4) is 0 Å². The first kappa shape index (κ1) is 12.0. The lowest BCUT2D eigenvalue weighted by Gasteiger charge is -2.20. The summed E-state index contributed by atoms with van der Waals surface area (Å²) in [6, 6.07) is 8.90. The molecule has 0 spiro atoms. The van der Waals surface area contributed by atoms with Crippen molar-refractivity contribution in [1.29, 1.82) is 0 Å². The van der Waals surface area contributed by atoms with Gasteiger partial charge in [-0.2, -0.15) is 0 Å². The zero-order valence-corrected chi connectivity index (χ0v) is 10.8. The number of nitrogens with one attached hydrogen (secondary N) is 2. The molecule has 1 atom stereocenters. The number of ether oxygens (including phenoxy) is 1. The highest BCUT2D eigenvalue weighted by molar-refractivity contribution is 5.52. The Kier molecular flexibility index (Phi) is 3.81. The van der Waals surface area contributed by atoms with Gasteiger partial charge in [-0.25, -0.2) is 0 Å². The molecule has 1 aromatic rings. The predicted molar refractivity (Wildman–Crippen MR) is 73.8 cm³/mol. The second kappa shape index (κ2) is 5.72. The fraction of sp³-hybridized carbons (Fsp3) is 0.600. The van der Waals surface area contributed by atoms with Gasteiger partial charge in [-0.1, -0.05) is 31.0 Å². The van der Waals surface area contributed by atoms with Crippen molar-refractivity contribution in [3.63, 3.8) is 0 Å². The van der Waals surface area contributed by atoms with Crippen molar-refractivity contribution in [2.24, 2.45) is 0 Å². The third-order valence-electron chi connectivity index (χ3n) is 3.92. The van der Waals surface area contributed by atoms with Gasteiger partial charge in [0.05, 0.1) is 18.8 Å². The molecule has 98 valence electrons. The summed E-state index contributed by atoms with van der Waals surface area (Å²) in [7, 11) is 0. The van der Waals surface area contributed by atoms with Gasteiger partial charge < -0.3 is 15.4 Å². The zero-order chi connectivity index (χ0) is 12.2. The van der Waals surface area contributed by atoms with Crippen LogP contribution < -0.4 is 10.6 Å². The maximum atomic E-state index is 6.01. The summed E-state index contributed by atoms with van der Waals surface area (Å²) >= 11 is 0. The number of fused-ring (bicyclic) bond motifs is 1. The average Bonchev–Trinajstić information content (AvgIpc) is 2.82. The van der Waals surface area contributed by atoms with Crippen molar-refractivity contribution < 1.29 is 4.74 Å². The summed E-state index contributed by atoms with van der Waals surface area (Å²) in [6.45, 7) is 2.73. The van der Waals surface area contributed by atoms with E-state index >= 15 is 0 Å². The summed E-state index contributed by atoms with van der Waals surface area (Å²) in [5, 5.41) is 7.08. The van der Waals surface area contributed by atoms with Crippen LogP contribution in [-0.4, -0.2) is 25.3 Å². The maximum Gasteiger partial charge on any atom is 0.0684 e. The quantitative estimate of drug-likeness (QED) is 0.860. The highest BCUT2D eigenvalue weighted by atomic mass is 16.5. The van der Waals surface area contributed by atoms with Crippen LogP contribution in [0.2, 0.25) is 0 Å². The van der Waals surface area contributed by atoms with E-state index in [9.17, 15) is 0 Å². The lowest BCUT2D eigenvalue weighted by Crippen LogP contribution is -2.35. The molecule has 2 N–H and O–H groups in total. The molecule has 0 bridgehead atoms. The van der Waals surface area contributed by atoms with E-state index in [2.05, 4.69) is 34.9 Å².